The predicted octanol–water partition coefficient (Wildman–Crippen LogP) is 2.36. The molecule has 1 saturated carbocycles. The van der Waals surface area contributed by atoms with E-state index in [1.807, 2.05) is 0 Å². The molecule has 4 atom stereocenters. The van der Waals surface area contributed by atoms with Crippen molar-refractivity contribution in [2.45, 2.75) is 51.7 Å². The third kappa shape index (κ3) is 6.23. The average Bonchev–Trinajstić information content (AvgIpc) is 3.39. The van der Waals surface area contributed by atoms with Crippen LogP contribution in [0, 0.1) is 35.5 Å². The van der Waals surface area contributed by atoms with E-state index in [9.17, 15) is 28.3 Å². The molecule has 2 N–H and O–H groups in total. The van der Waals surface area contributed by atoms with E-state index in [1.54, 1.807) is 19.1 Å². The fourth-order valence-electron chi connectivity index (χ4n) is 2.96. The number of halogens is 2. The minimum absolute atomic E-state index is 0.132. The number of rotatable bonds is 7. The van der Waals surface area contributed by atoms with E-state index >= 15 is 0 Å². The molecule has 5 nitrogen and oxygen atoms in total. The van der Waals surface area contributed by atoms with Crippen LogP contribution >= 0.6 is 0 Å². The predicted molar refractivity (Wildman–Crippen MR) is 107 cm³/mol. The van der Waals surface area contributed by atoms with Crippen molar-refractivity contribution in [2.75, 3.05) is 0 Å². The number of hydrogen-bond donors (Lipinski definition) is 2. The molecule has 0 bridgehead atoms. The molecule has 2 unspecified atom stereocenters. The Balaban J connectivity index is 1.98. The first kappa shape index (κ1) is 23.3. The summed E-state index contributed by atoms with van der Waals surface area (Å²) in [5.74, 6) is 10.5. The van der Waals surface area contributed by atoms with Gasteiger partial charge in [-0.2, -0.15) is 0 Å². The van der Waals surface area contributed by atoms with Gasteiger partial charge in [-0.1, -0.05) is 11.8 Å². The number of nitrogens with one attached hydrogen (secondary N) is 1. The highest BCUT2D eigenvalue weighted by molar-refractivity contribution is 5.98. The molecule has 158 valence electrons. The molecule has 0 radical (unpaired) electrons. The molecule has 0 spiro atoms. The molecule has 1 aliphatic carbocycles. The van der Waals surface area contributed by atoms with Gasteiger partial charge in [-0.3, -0.25) is 9.59 Å². The molecule has 0 aliphatic heterocycles. The largest absolute Gasteiger partial charge is 0.382 e. The molecule has 30 heavy (non-hydrogen) atoms. The second kappa shape index (κ2) is 9.65. The third-order valence-corrected chi connectivity index (χ3v) is 4.85. The molecular weight excluding hydrogens is 392 g/mol. The lowest BCUT2D eigenvalue weighted by Crippen LogP contribution is -2.58. The van der Waals surface area contributed by atoms with Crippen molar-refractivity contribution in [1.29, 1.82) is 0 Å². The van der Waals surface area contributed by atoms with Crippen molar-refractivity contribution in [3.05, 3.63) is 35.4 Å². The maximum Gasteiger partial charge on any atom is 0.269 e. The van der Waals surface area contributed by atoms with E-state index < -0.39 is 29.8 Å². The molecule has 0 saturated heterocycles. The van der Waals surface area contributed by atoms with E-state index in [4.69, 9.17) is 0 Å². The number of alkyl halides is 2. The van der Waals surface area contributed by atoms with Gasteiger partial charge in [-0.15, -0.1) is 0 Å². The number of amides is 1. The summed E-state index contributed by atoms with van der Waals surface area (Å²) in [6.07, 6.45) is -1.75. The molecule has 1 amide bonds. The Morgan fingerprint density at radius 2 is 1.83 bits per heavy atom. The monoisotopic (exact) mass is 415 g/mol. The Bertz CT molecular complexity index is 945. The first-order chi connectivity index (χ1) is 14.0. The van der Waals surface area contributed by atoms with Crippen LogP contribution in [0.3, 0.4) is 0 Å². The van der Waals surface area contributed by atoms with E-state index in [1.165, 1.54) is 12.1 Å². The number of ketones is 2. The topological polar surface area (TPSA) is 83.5 Å². The van der Waals surface area contributed by atoms with Gasteiger partial charge < -0.3 is 15.2 Å². The molecule has 2 rings (SSSR count). The van der Waals surface area contributed by atoms with Crippen molar-refractivity contribution in [3.8, 4) is 23.7 Å². The Morgan fingerprint density at radius 1 is 1.20 bits per heavy atom. The summed E-state index contributed by atoms with van der Waals surface area (Å²) in [6.45, 7) is 3.38. The molecule has 0 aromatic heterocycles. The zero-order valence-corrected chi connectivity index (χ0v) is 17.0. The number of carbonyl (C=O) groups excluding carboxylic acids is 3. The summed E-state index contributed by atoms with van der Waals surface area (Å²) in [7, 11) is 0. The Kier molecular flexibility index (Phi) is 7.48. The van der Waals surface area contributed by atoms with Crippen LogP contribution in [0.15, 0.2) is 24.3 Å². The van der Waals surface area contributed by atoms with Gasteiger partial charge in [-0.05, 0) is 69.2 Å². The second-order valence-corrected chi connectivity index (χ2v) is 7.65. The van der Waals surface area contributed by atoms with Crippen molar-refractivity contribution < 1.29 is 28.3 Å². The molecule has 1 aliphatic rings. The van der Waals surface area contributed by atoms with Gasteiger partial charge in [-0.25, -0.2) is 8.78 Å². The van der Waals surface area contributed by atoms with Crippen molar-refractivity contribution in [3.63, 3.8) is 0 Å². The summed E-state index contributed by atoms with van der Waals surface area (Å²) in [6, 6.07) is 4.25. The first-order valence-corrected chi connectivity index (χ1v) is 9.45. The fourth-order valence-corrected chi connectivity index (χ4v) is 2.96. The third-order valence-electron chi connectivity index (χ3n) is 4.85. The van der Waals surface area contributed by atoms with Gasteiger partial charge in [0.25, 0.3) is 12.3 Å². The highest BCUT2D eigenvalue weighted by Crippen LogP contribution is 2.40. The summed E-state index contributed by atoms with van der Waals surface area (Å²) in [5.41, 5.74) is -1.95. The normalized spacial score (nSPS) is 20.0. The number of benzene rings is 1. The molecule has 1 fully saturated rings. The summed E-state index contributed by atoms with van der Waals surface area (Å²) in [5, 5.41) is 12.0. The number of carbonyl (C=O) groups is 3. The lowest BCUT2D eigenvalue weighted by atomic mass is 9.93. The van der Waals surface area contributed by atoms with Crippen LogP contribution in [0.2, 0.25) is 0 Å². The van der Waals surface area contributed by atoms with Crippen molar-refractivity contribution in [1.82, 2.24) is 5.32 Å². The lowest BCUT2D eigenvalue weighted by Gasteiger charge is -2.30. The van der Waals surface area contributed by atoms with Crippen LogP contribution in [-0.4, -0.2) is 40.6 Å². The Hall–Kier alpha value is -3.03. The Morgan fingerprint density at radius 3 is 2.37 bits per heavy atom. The van der Waals surface area contributed by atoms with E-state index in [0.29, 0.717) is 17.9 Å². The number of hydrogen-bond acceptors (Lipinski definition) is 4. The van der Waals surface area contributed by atoms with Crippen molar-refractivity contribution >= 4 is 17.5 Å². The highest BCUT2D eigenvalue weighted by Gasteiger charge is 2.44. The van der Waals surface area contributed by atoms with Gasteiger partial charge >= 0.3 is 0 Å². The summed E-state index contributed by atoms with van der Waals surface area (Å²) in [4.78, 5) is 35.0. The van der Waals surface area contributed by atoms with Gasteiger partial charge in [0.15, 0.2) is 5.78 Å². The minimum Gasteiger partial charge on any atom is -0.382 e. The molecule has 7 heteroatoms. The fraction of sp³-hybridized carbons (Fsp3) is 0.435. The highest BCUT2D eigenvalue weighted by atomic mass is 19.3. The maximum absolute atomic E-state index is 13.0. The number of Topliss-reactive ketones (excluding diaryl/α,β-unsaturated/α-hetero) is 2. The van der Waals surface area contributed by atoms with Crippen LogP contribution in [0.5, 0.6) is 0 Å². The average molecular weight is 415 g/mol. The summed E-state index contributed by atoms with van der Waals surface area (Å²) >= 11 is 0. The number of aliphatic hydroxyl groups is 1. The molecule has 1 aromatic carbocycles. The van der Waals surface area contributed by atoms with Crippen LogP contribution < -0.4 is 5.32 Å². The van der Waals surface area contributed by atoms with Crippen LogP contribution in [-0.2, 0) is 9.59 Å². The smallest absolute Gasteiger partial charge is 0.269 e. The maximum atomic E-state index is 13.0. The second-order valence-electron chi connectivity index (χ2n) is 7.65. The van der Waals surface area contributed by atoms with Gasteiger partial charge in [0.05, 0.1) is 0 Å². The first-order valence-electron chi connectivity index (χ1n) is 9.45. The van der Waals surface area contributed by atoms with E-state index in [2.05, 4.69) is 29.0 Å². The standard InChI is InChI=1S/C23H23F2NO4/c1-14(27)12-19-13-18(19)7-5-4-6-16-8-10-17(11-9-16)21(29)26-20(15(2)28)23(3,30)22(24)25/h8-11,18-20,22,30H,12-13H2,1-3H3,(H,26,29)/t18?,19?,20-,23+/m1/s1. The van der Waals surface area contributed by atoms with Crippen LogP contribution in [0.25, 0.3) is 0 Å². The molecule has 1 aromatic rings. The van der Waals surface area contributed by atoms with Crippen LogP contribution in [0.1, 0.15) is 49.5 Å². The molecule has 0 heterocycles. The van der Waals surface area contributed by atoms with E-state index in [0.717, 1.165) is 20.3 Å². The Labute approximate surface area is 174 Å². The quantitative estimate of drug-likeness (QED) is 0.670. The minimum atomic E-state index is -3.21. The van der Waals surface area contributed by atoms with Gasteiger partial charge in [0, 0.05) is 23.5 Å². The zero-order valence-electron chi connectivity index (χ0n) is 17.0. The lowest BCUT2D eigenvalue weighted by molar-refractivity contribution is -0.138. The van der Waals surface area contributed by atoms with Crippen LogP contribution in [0.4, 0.5) is 8.78 Å². The SMILES string of the molecule is CC(=O)CC1CC1C#CC#Cc1ccc(C(=O)N[C@H](C(C)=O)[C@](C)(O)C(F)F)cc1. The van der Waals surface area contributed by atoms with Gasteiger partial charge in [0.2, 0.25) is 0 Å². The molecular formula is C23H23F2NO4. The van der Waals surface area contributed by atoms with Crippen molar-refractivity contribution in [2.24, 2.45) is 11.8 Å². The van der Waals surface area contributed by atoms with Gasteiger partial charge in [0.1, 0.15) is 17.4 Å². The zero-order chi connectivity index (χ0) is 22.5. The van der Waals surface area contributed by atoms with E-state index in [-0.39, 0.29) is 17.3 Å². The summed E-state index contributed by atoms with van der Waals surface area (Å²) < 4.78 is 26.0.